The van der Waals surface area contributed by atoms with Gasteiger partial charge in [-0.15, -0.1) is 0 Å². The molecule has 2 aliphatic rings. The summed E-state index contributed by atoms with van der Waals surface area (Å²) in [5.41, 5.74) is 7.21. The molecule has 1 aromatic heterocycles. The van der Waals surface area contributed by atoms with Crippen molar-refractivity contribution >= 4 is 16.7 Å². The third-order valence-corrected chi connectivity index (χ3v) is 6.21. The van der Waals surface area contributed by atoms with Crippen molar-refractivity contribution in [3.8, 4) is 5.75 Å². The van der Waals surface area contributed by atoms with Gasteiger partial charge in [0.2, 0.25) is 0 Å². The van der Waals surface area contributed by atoms with E-state index in [-0.39, 0.29) is 5.63 Å². The number of fused-ring (bicyclic) bond motifs is 4. The number of hydrogen-bond donors (Lipinski definition) is 0. The minimum Gasteiger partial charge on any atom is -0.472 e. The zero-order valence-electron chi connectivity index (χ0n) is 16.5. The molecule has 0 radical (unpaired) electrons. The zero-order chi connectivity index (χ0) is 19.3. The Kier molecular flexibility index (Phi) is 4.15. The Morgan fingerprint density at radius 1 is 1.07 bits per heavy atom. The predicted molar refractivity (Wildman–Crippen MR) is 111 cm³/mol. The lowest BCUT2D eigenvalue weighted by Gasteiger charge is -2.32. The Hall–Kier alpha value is -2.75. The molecule has 28 heavy (non-hydrogen) atoms. The first-order valence-corrected chi connectivity index (χ1v) is 10.2. The van der Waals surface area contributed by atoms with E-state index < -0.39 is 0 Å². The molecule has 0 N–H and O–H groups in total. The summed E-state index contributed by atoms with van der Waals surface area (Å²) < 4.78 is 11.9. The Balaban J connectivity index is 1.60. The Morgan fingerprint density at radius 2 is 1.82 bits per heavy atom. The van der Waals surface area contributed by atoms with Gasteiger partial charge < -0.3 is 14.1 Å². The van der Waals surface area contributed by atoms with Crippen LogP contribution in [-0.4, -0.2) is 6.73 Å². The van der Waals surface area contributed by atoms with Crippen LogP contribution in [0.25, 0.3) is 11.0 Å². The van der Waals surface area contributed by atoms with E-state index in [1.807, 2.05) is 6.92 Å². The number of anilines is 1. The molecule has 0 atom stereocenters. The number of hydrogen-bond acceptors (Lipinski definition) is 4. The molecule has 4 heteroatoms. The maximum absolute atomic E-state index is 12.5. The van der Waals surface area contributed by atoms with Crippen LogP contribution in [0.5, 0.6) is 5.75 Å². The van der Waals surface area contributed by atoms with Crippen LogP contribution in [0.3, 0.4) is 0 Å². The normalized spacial score (nSPS) is 15.9. The maximum atomic E-state index is 12.5. The lowest BCUT2D eigenvalue weighted by atomic mass is 9.89. The van der Waals surface area contributed by atoms with Gasteiger partial charge in [-0.3, -0.25) is 0 Å². The van der Waals surface area contributed by atoms with Crippen LogP contribution < -0.4 is 15.3 Å². The number of nitrogens with zero attached hydrogens (tertiary/aromatic N) is 1. The van der Waals surface area contributed by atoms with Gasteiger partial charge in [0.25, 0.3) is 0 Å². The first kappa shape index (κ1) is 17.4. The van der Waals surface area contributed by atoms with Crippen molar-refractivity contribution in [3.63, 3.8) is 0 Å². The molecule has 1 aliphatic carbocycles. The van der Waals surface area contributed by atoms with Crippen molar-refractivity contribution in [1.82, 2.24) is 0 Å². The number of benzene rings is 2. The van der Waals surface area contributed by atoms with Gasteiger partial charge in [0.05, 0.1) is 0 Å². The smallest absolute Gasteiger partial charge is 0.339 e. The second-order valence-electron chi connectivity index (χ2n) is 7.91. The highest BCUT2D eigenvalue weighted by molar-refractivity contribution is 5.87. The summed E-state index contributed by atoms with van der Waals surface area (Å²) in [7, 11) is 0. The molecule has 3 aromatic rings. The van der Waals surface area contributed by atoms with Crippen LogP contribution in [0.1, 0.15) is 47.6 Å². The Bertz CT molecular complexity index is 1110. The molecule has 0 spiro atoms. The van der Waals surface area contributed by atoms with Gasteiger partial charge in [-0.2, -0.15) is 0 Å². The van der Waals surface area contributed by atoms with Gasteiger partial charge in [-0.25, -0.2) is 4.79 Å². The van der Waals surface area contributed by atoms with Gasteiger partial charge in [-0.1, -0.05) is 19.1 Å². The maximum Gasteiger partial charge on any atom is 0.339 e. The van der Waals surface area contributed by atoms with Crippen molar-refractivity contribution in [1.29, 1.82) is 0 Å². The fourth-order valence-corrected chi connectivity index (χ4v) is 4.61. The van der Waals surface area contributed by atoms with Crippen LogP contribution >= 0.6 is 0 Å². The molecular weight excluding hydrogens is 350 g/mol. The lowest BCUT2D eigenvalue weighted by Crippen LogP contribution is -2.32. The van der Waals surface area contributed by atoms with Gasteiger partial charge in [0.15, 0.2) is 6.73 Å². The standard InChI is InChI=1S/C24H25NO3/c1-3-16-8-10-18(11-9-16)25-13-17-12-21-19-6-4-5-7-20(19)24(26)28-23(21)15(2)22(17)27-14-25/h8-12H,3-7,13-14H2,1-2H3. The highest BCUT2D eigenvalue weighted by atomic mass is 16.5. The summed E-state index contributed by atoms with van der Waals surface area (Å²) in [6, 6.07) is 10.9. The molecule has 144 valence electrons. The van der Waals surface area contributed by atoms with Gasteiger partial charge in [0, 0.05) is 34.3 Å². The first-order chi connectivity index (χ1) is 13.7. The van der Waals surface area contributed by atoms with E-state index in [9.17, 15) is 4.79 Å². The third kappa shape index (κ3) is 2.70. The number of rotatable bonds is 2. The minimum absolute atomic E-state index is 0.168. The summed E-state index contributed by atoms with van der Waals surface area (Å²) in [5.74, 6) is 0.868. The molecule has 0 bridgehead atoms. The van der Waals surface area contributed by atoms with E-state index in [0.717, 1.165) is 66.5 Å². The second-order valence-corrected chi connectivity index (χ2v) is 7.91. The van der Waals surface area contributed by atoms with E-state index in [4.69, 9.17) is 9.15 Å². The molecule has 5 rings (SSSR count). The minimum atomic E-state index is -0.168. The summed E-state index contributed by atoms with van der Waals surface area (Å²) in [4.78, 5) is 14.7. The fourth-order valence-electron chi connectivity index (χ4n) is 4.61. The van der Waals surface area contributed by atoms with Gasteiger partial charge >= 0.3 is 5.63 Å². The third-order valence-electron chi connectivity index (χ3n) is 6.21. The number of aryl methyl sites for hydroxylation is 3. The van der Waals surface area contributed by atoms with E-state index >= 15 is 0 Å². The predicted octanol–water partition coefficient (Wildman–Crippen LogP) is 4.90. The molecule has 2 heterocycles. The molecule has 0 saturated heterocycles. The largest absolute Gasteiger partial charge is 0.472 e. The fraction of sp³-hybridized carbons (Fsp3) is 0.375. The quantitative estimate of drug-likeness (QED) is 0.598. The van der Waals surface area contributed by atoms with Crippen LogP contribution in [0.15, 0.2) is 39.5 Å². The molecule has 2 aromatic carbocycles. The molecule has 4 nitrogen and oxygen atoms in total. The Labute approximate surface area is 164 Å². The summed E-state index contributed by atoms with van der Waals surface area (Å²) in [5, 5.41) is 1.09. The Morgan fingerprint density at radius 3 is 2.57 bits per heavy atom. The summed E-state index contributed by atoms with van der Waals surface area (Å²) >= 11 is 0. The molecule has 0 amide bonds. The van der Waals surface area contributed by atoms with Gasteiger partial charge in [-0.05, 0) is 68.4 Å². The molecular formula is C24H25NO3. The molecule has 1 aliphatic heterocycles. The van der Waals surface area contributed by atoms with E-state index in [1.54, 1.807) is 0 Å². The monoisotopic (exact) mass is 375 g/mol. The molecule has 0 unspecified atom stereocenters. The molecule has 0 fully saturated rings. The van der Waals surface area contributed by atoms with Crippen molar-refractivity contribution < 1.29 is 9.15 Å². The average molecular weight is 375 g/mol. The SMILES string of the molecule is CCc1ccc(N2COc3c(cc4c5c(c(=O)oc4c3C)CCCC5)C2)cc1. The van der Waals surface area contributed by atoms with Crippen molar-refractivity contribution in [2.45, 2.75) is 52.5 Å². The van der Waals surface area contributed by atoms with Crippen molar-refractivity contribution in [2.75, 3.05) is 11.6 Å². The van der Waals surface area contributed by atoms with E-state index in [0.29, 0.717) is 12.3 Å². The average Bonchev–Trinajstić information content (AvgIpc) is 2.75. The van der Waals surface area contributed by atoms with E-state index in [1.165, 1.54) is 16.8 Å². The zero-order valence-corrected chi connectivity index (χ0v) is 16.5. The summed E-state index contributed by atoms with van der Waals surface area (Å²) in [6.45, 7) is 5.47. The van der Waals surface area contributed by atoms with Crippen LogP contribution in [0.2, 0.25) is 0 Å². The van der Waals surface area contributed by atoms with Gasteiger partial charge in [0.1, 0.15) is 11.3 Å². The van der Waals surface area contributed by atoms with Crippen LogP contribution in [-0.2, 0) is 25.8 Å². The highest BCUT2D eigenvalue weighted by Crippen LogP contribution is 2.38. The molecule has 0 saturated carbocycles. The van der Waals surface area contributed by atoms with Crippen molar-refractivity contribution in [2.24, 2.45) is 0 Å². The van der Waals surface area contributed by atoms with Crippen LogP contribution in [0, 0.1) is 6.92 Å². The van der Waals surface area contributed by atoms with Crippen LogP contribution in [0.4, 0.5) is 5.69 Å². The topological polar surface area (TPSA) is 42.7 Å². The number of ether oxygens (including phenoxy) is 1. The first-order valence-electron chi connectivity index (χ1n) is 10.2. The van der Waals surface area contributed by atoms with E-state index in [2.05, 4.69) is 42.2 Å². The second kappa shape index (κ2) is 6.69. The summed E-state index contributed by atoms with van der Waals surface area (Å²) in [6.07, 6.45) is 5.03. The highest BCUT2D eigenvalue weighted by Gasteiger charge is 2.25. The van der Waals surface area contributed by atoms with Crippen molar-refractivity contribution in [3.05, 3.63) is 68.6 Å². The lowest BCUT2D eigenvalue weighted by molar-refractivity contribution is 0.287.